The third kappa shape index (κ3) is 3.31. The van der Waals surface area contributed by atoms with Crippen LogP contribution in [0.5, 0.6) is 0 Å². The molecule has 1 unspecified atom stereocenters. The van der Waals surface area contributed by atoms with E-state index in [0.29, 0.717) is 39.1 Å². The molecule has 7 nitrogen and oxygen atoms in total. The van der Waals surface area contributed by atoms with Crippen molar-refractivity contribution in [1.29, 1.82) is 0 Å². The minimum absolute atomic E-state index is 0.00471. The van der Waals surface area contributed by atoms with Gasteiger partial charge < -0.3 is 13.9 Å². The average molecular weight is 456 g/mol. The number of para-hydroxylation sites is 1. The van der Waals surface area contributed by atoms with Gasteiger partial charge in [0.1, 0.15) is 0 Å². The Morgan fingerprint density at radius 2 is 1.76 bits per heavy atom. The van der Waals surface area contributed by atoms with Gasteiger partial charge in [-0.25, -0.2) is 14.6 Å². The molecule has 8 rings (SSSR count). The van der Waals surface area contributed by atoms with E-state index in [-0.39, 0.29) is 17.3 Å². The molecule has 7 heteroatoms. The van der Waals surface area contributed by atoms with Gasteiger partial charge in [-0.15, -0.1) is 6.58 Å². The highest BCUT2D eigenvalue weighted by Gasteiger charge is 2.43. The van der Waals surface area contributed by atoms with E-state index in [0.717, 1.165) is 25.9 Å². The molecule has 3 saturated heterocycles. The second kappa shape index (κ2) is 8.04. The van der Waals surface area contributed by atoms with E-state index in [1.54, 1.807) is 6.07 Å². The number of fused-ring (bicyclic) bond motifs is 8. The maximum Gasteiger partial charge on any atom is 0.344 e. The zero-order valence-electron chi connectivity index (χ0n) is 18.5. The van der Waals surface area contributed by atoms with Crippen LogP contribution in [0.15, 0.2) is 79.6 Å². The third-order valence-corrected chi connectivity index (χ3v) is 7.41. The fourth-order valence-electron chi connectivity index (χ4n) is 5.60. The average Bonchev–Trinajstić information content (AvgIpc) is 2.88. The number of pyridine rings is 1. The molecule has 34 heavy (non-hydrogen) atoms. The summed E-state index contributed by atoms with van der Waals surface area (Å²) in [6, 6.07) is 13.2. The lowest BCUT2D eigenvalue weighted by atomic mass is 9.73. The summed E-state index contributed by atoms with van der Waals surface area (Å²) >= 11 is 0. The molecule has 3 fully saturated rings. The van der Waals surface area contributed by atoms with E-state index in [9.17, 15) is 14.7 Å². The summed E-state index contributed by atoms with van der Waals surface area (Å²) in [5.74, 6) is 0.850. The number of hydrogen-bond donors (Lipinski definition) is 1. The first-order valence-corrected chi connectivity index (χ1v) is 11.5. The minimum atomic E-state index is -0.967. The number of nitrogens with zero attached hydrogens (tertiary/aromatic N) is 2. The van der Waals surface area contributed by atoms with Crippen LogP contribution in [0.25, 0.3) is 33.0 Å². The molecule has 3 aliphatic rings. The third-order valence-electron chi connectivity index (χ3n) is 7.41. The molecule has 0 amide bonds. The van der Waals surface area contributed by atoms with Gasteiger partial charge in [0.25, 0.3) is 5.71 Å². The first-order valence-electron chi connectivity index (χ1n) is 11.5. The van der Waals surface area contributed by atoms with Crippen LogP contribution in [0.4, 0.5) is 0 Å². The normalized spacial score (nSPS) is 25.0. The molecule has 0 aliphatic carbocycles. The lowest BCUT2D eigenvalue weighted by Crippen LogP contribution is -2.54. The highest BCUT2D eigenvalue weighted by atomic mass is 16.4. The summed E-state index contributed by atoms with van der Waals surface area (Å²) < 4.78 is 11.4. The molecule has 5 aromatic rings. The molecule has 0 radical (unpaired) electrons. The molecule has 5 atom stereocenters. The van der Waals surface area contributed by atoms with Crippen molar-refractivity contribution in [2.45, 2.75) is 25.0 Å². The zero-order valence-corrected chi connectivity index (χ0v) is 18.5. The van der Waals surface area contributed by atoms with Crippen molar-refractivity contribution in [2.75, 3.05) is 13.1 Å². The molecule has 2 aromatic carbocycles. The molecule has 172 valence electrons. The van der Waals surface area contributed by atoms with Gasteiger partial charge in [-0.1, -0.05) is 24.3 Å². The predicted octanol–water partition coefficient (Wildman–Crippen LogP) is 3.94. The number of aliphatic hydroxyl groups excluding tert-OH is 1. The number of hydrogen-bond acceptors (Lipinski definition) is 7. The molecule has 1 N–H and O–H groups in total. The first-order chi connectivity index (χ1) is 16.5. The lowest BCUT2D eigenvalue weighted by Gasteiger charge is -2.50. The lowest BCUT2D eigenvalue weighted by molar-refractivity contribution is -0.0443. The van der Waals surface area contributed by atoms with Crippen molar-refractivity contribution in [3.8, 4) is 0 Å². The van der Waals surface area contributed by atoms with Crippen molar-refractivity contribution in [1.82, 2.24) is 9.88 Å². The standard InChI is InChI=1S/C27H24N2O5/c1-2-15-14-29-12-11-18(15)13-21(29)23(30)22-19-5-3-4-6-20(19)28-25-24(22)33-26(31)16-7-9-17(10-8-16)27(32)34-25/h2-10,15,18,21,23,30H,1,11-14H2/t15-,18+,21+,23+/m1/s1. The molecular formula is C27H24N2O5. The summed E-state index contributed by atoms with van der Waals surface area (Å²) in [6.07, 6.45) is 2.91. The fraction of sp³-hybridized carbons (Fsp3) is 0.296. The summed E-state index contributed by atoms with van der Waals surface area (Å²) in [5.41, 5.74) is -0.366. The molecule has 6 heterocycles. The topological polar surface area (TPSA) is 96.8 Å². The second-order valence-electron chi connectivity index (χ2n) is 9.22. The van der Waals surface area contributed by atoms with E-state index in [2.05, 4.69) is 16.5 Å². The number of aliphatic hydroxyl groups is 1. The Balaban J connectivity index is 1.66. The molecular weight excluding hydrogens is 432 g/mol. The van der Waals surface area contributed by atoms with Crippen molar-refractivity contribution >= 4 is 33.0 Å². The van der Waals surface area contributed by atoms with Crippen LogP contribution < -0.4 is 11.3 Å². The molecule has 0 saturated carbocycles. The number of aromatic nitrogens is 1. The number of piperidine rings is 3. The monoisotopic (exact) mass is 456 g/mol. The highest BCUT2D eigenvalue weighted by molar-refractivity contribution is 5.93. The Kier molecular flexibility index (Phi) is 4.97. The predicted molar refractivity (Wildman–Crippen MR) is 129 cm³/mol. The highest BCUT2D eigenvalue weighted by Crippen LogP contribution is 2.43. The van der Waals surface area contributed by atoms with Crippen molar-refractivity contribution < 1.29 is 13.9 Å². The maximum absolute atomic E-state index is 13.0. The van der Waals surface area contributed by atoms with Gasteiger partial charge in [-0.3, -0.25) is 4.90 Å². The zero-order chi connectivity index (χ0) is 23.4. The van der Waals surface area contributed by atoms with E-state index in [4.69, 9.17) is 8.83 Å². The Morgan fingerprint density at radius 1 is 1.06 bits per heavy atom. The van der Waals surface area contributed by atoms with Crippen LogP contribution in [-0.2, 0) is 0 Å². The van der Waals surface area contributed by atoms with Crippen molar-refractivity contribution in [3.05, 3.63) is 87.6 Å². The van der Waals surface area contributed by atoms with Crippen molar-refractivity contribution in [3.63, 3.8) is 0 Å². The fourth-order valence-corrected chi connectivity index (χ4v) is 5.60. The van der Waals surface area contributed by atoms with Crippen LogP contribution in [-0.4, -0.2) is 34.1 Å². The second-order valence-corrected chi connectivity index (χ2v) is 9.22. The largest absolute Gasteiger partial charge is 0.417 e. The van der Waals surface area contributed by atoms with Crippen LogP contribution >= 0.6 is 0 Å². The smallest absolute Gasteiger partial charge is 0.344 e. The maximum atomic E-state index is 13.0. The van der Waals surface area contributed by atoms with Crippen LogP contribution in [0, 0.1) is 11.8 Å². The quantitative estimate of drug-likeness (QED) is 0.467. The van der Waals surface area contributed by atoms with Crippen molar-refractivity contribution in [2.24, 2.45) is 11.8 Å². The van der Waals surface area contributed by atoms with Gasteiger partial charge in [0, 0.05) is 23.5 Å². The molecule has 3 aromatic heterocycles. The van der Waals surface area contributed by atoms with E-state index in [1.165, 1.54) is 24.3 Å². The summed E-state index contributed by atoms with van der Waals surface area (Å²) in [4.78, 5) is 32.6. The van der Waals surface area contributed by atoms with E-state index < -0.39 is 17.4 Å². The number of benzene rings is 2. The molecule has 0 spiro atoms. The van der Waals surface area contributed by atoms with Crippen LogP contribution in [0.3, 0.4) is 0 Å². The SMILES string of the molecule is C=C[C@@H]1CN2CC[C@H]1C[C@H]2[C@H](O)c1c2ccccc2nc2oc(=O)c3ccc(cc3)c(=O)oc12. The van der Waals surface area contributed by atoms with Gasteiger partial charge in [0.05, 0.1) is 22.4 Å². The molecule has 3 aliphatic heterocycles. The van der Waals surface area contributed by atoms with Crippen LogP contribution in [0.2, 0.25) is 0 Å². The first kappa shape index (κ1) is 21.0. The minimum Gasteiger partial charge on any atom is -0.417 e. The Labute approximate surface area is 194 Å². The molecule has 4 bridgehead atoms. The summed E-state index contributed by atoms with van der Waals surface area (Å²) in [6.45, 7) is 5.71. The van der Waals surface area contributed by atoms with Gasteiger partial charge in [-0.05, 0) is 61.6 Å². The van der Waals surface area contributed by atoms with E-state index in [1.807, 2.05) is 24.3 Å². The Bertz CT molecular complexity index is 1570. The van der Waals surface area contributed by atoms with Crippen LogP contribution in [0.1, 0.15) is 24.5 Å². The van der Waals surface area contributed by atoms with Gasteiger partial charge in [0.15, 0.2) is 5.58 Å². The van der Waals surface area contributed by atoms with E-state index >= 15 is 0 Å². The Morgan fingerprint density at radius 3 is 2.44 bits per heavy atom. The van der Waals surface area contributed by atoms with Gasteiger partial charge in [-0.2, -0.15) is 0 Å². The summed E-state index contributed by atoms with van der Waals surface area (Å²) in [7, 11) is 0. The number of rotatable bonds is 3. The van der Waals surface area contributed by atoms with Gasteiger partial charge >= 0.3 is 11.3 Å². The Hall–Kier alpha value is -3.55. The summed E-state index contributed by atoms with van der Waals surface area (Å²) in [5, 5.41) is 13.0. The van der Waals surface area contributed by atoms with Gasteiger partial charge in [0.2, 0.25) is 0 Å².